The number of furan rings is 1. The summed E-state index contributed by atoms with van der Waals surface area (Å²) in [7, 11) is 0. The van der Waals surface area contributed by atoms with Crippen LogP contribution in [0, 0.1) is 0 Å². The molecule has 4 nitrogen and oxygen atoms in total. The zero-order valence-electron chi connectivity index (χ0n) is 18.6. The van der Waals surface area contributed by atoms with Gasteiger partial charge in [0.1, 0.15) is 17.1 Å². The van der Waals surface area contributed by atoms with E-state index in [1.807, 2.05) is 6.92 Å². The molecule has 0 bridgehead atoms. The number of phenols is 1. The van der Waals surface area contributed by atoms with Crippen molar-refractivity contribution in [3.63, 3.8) is 0 Å². The van der Waals surface area contributed by atoms with Crippen molar-refractivity contribution in [1.82, 2.24) is 0 Å². The first-order chi connectivity index (χ1) is 15.1. The van der Waals surface area contributed by atoms with E-state index in [1.54, 1.807) is 42.5 Å². The number of carbonyl (C=O) groups excluding carboxylic acids is 2. The Bertz CT molecular complexity index is 1040. The first kappa shape index (κ1) is 22.8. The predicted octanol–water partition coefficient (Wildman–Crippen LogP) is 7.72. The van der Waals surface area contributed by atoms with E-state index in [0.29, 0.717) is 46.3 Å². The molecule has 164 valence electrons. The van der Waals surface area contributed by atoms with Crippen LogP contribution >= 0.6 is 0 Å². The molecule has 1 heterocycles. The lowest BCUT2D eigenvalue weighted by atomic mass is 9.96. The summed E-state index contributed by atoms with van der Waals surface area (Å²) in [6, 6.07) is 12.2. The summed E-state index contributed by atoms with van der Waals surface area (Å²) in [6.45, 7) is 4.16. The monoisotopic (exact) mass is 420 g/mol. The predicted molar refractivity (Wildman–Crippen MR) is 125 cm³/mol. The van der Waals surface area contributed by atoms with Crippen molar-refractivity contribution in [3.8, 4) is 17.1 Å². The number of unbranched alkanes of at least 4 members (excludes halogenated alkanes) is 5. The van der Waals surface area contributed by atoms with Gasteiger partial charge in [0.05, 0.1) is 5.56 Å². The lowest BCUT2D eigenvalue weighted by Crippen LogP contribution is -2.01. The Hall–Kier alpha value is -2.88. The number of rotatable bonds is 12. The van der Waals surface area contributed by atoms with Gasteiger partial charge in [-0.15, -0.1) is 0 Å². The Kier molecular flexibility index (Phi) is 8.05. The van der Waals surface area contributed by atoms with E-state index in [4.69, 9.17) is 4.42 Å². The van der Waals surface area contributed by atoms with Crippen LogP contribution in [0.15, 0.2) is 46.9 Å². The number of fused-ring (bicyclic) bond motifs is 1. The van der Waals surface area contributed by atoms with Crippen molar-refractivity contribution < 1.29 is 19.1 Å². The molecule has 3 rings (SSSR count). The van der Waals surface area contributed by atoms with Crippen molar-refractivity contribution >= 4 is 22.5 Å². The fraction of sp³-hybridized carbons (Fsp3) is 0.407. The van der Waals surface area contributed by atoms with Gasteiger partial charge in [-0.25, -0.2) is 0 Å². The number of hydrogen-bond acceptors (Lipinski definition) is 4. The van der Waals surface area contributed by atoms with Gasteiger partial charge >= 0.3 is 0 Å². The lowest BCUT2D eigenvalue weighted by molar-refractivity contribution is 0.0973. The van der Waals surface area contributed by atoms with Crippen LogP contribution in [-0.4, -0.2) is 16.7 Å². The van der Waals surface area contributed by atoms with Crippen molar-refractivity contribution in [2.24, 2.45) is 0 Å². The van der Waals surface area contributed by atoms with Crippen LogP contribution in [0.5, 0.6) is 5.75 Å². The standard InChI is InChI=1S/C27H32O4/c1-3-5-6-7-8-9-15-23(29)20-14-10-16-24(30)27(20)26-18-21-19(22(28)12-4-2)13-11-17-25(21)31-26/h10-11,13-14,16-18,30H,3-9,12,15H2,1-2H3. The second-order valence-corrected chi connectivity index (χ2v) is 8.14. The minimum Gasteiger partial charge on any atom is -0.507 e. The summed E-state index contributed by atoms with van der Waals surface area (Å²) >= 11 is 0. The van der Waals surface area contributed by atoms with E-state index >= 15 is 0 Å². The molecule has 2 aromatic carbocycles. The molecule has 0 amide bonds. The molecule has 1 N–H and O–H groups in total. The smallest absolute Gasteiger partial charge is 0.163 e. The fourth-order valence-electron chi connectivity index (χ4n) is 4.02. The number of benzene rings is 2. The molecule has 0 aliphatic heterocycles. The SMILES string of the molecule is CCCCCCCCC(=O)c1cccc(O)c1-c1cc2c(C(=O)CCC)cccc2o1. The Morgan fingerprint density at radius 2 is 1.48 bits per heavy atom. The third-order valence-electron chi connectivity index (χ3n) is 5.69. The molecule has 0 radical (unpaired) electrons. The largest absolute Gasteiger partial charge is 0.507 e. The summed E-state index contributed by atoms with van der Waals surface area (Å²) < 4.78 is 6.00. The minimum absolute atomic E-state index is 0.00382. The zero-order chi connectivity index (χ0) is 22.2. The molecule has 0 saturated heterocycles. The highest BCUT2D eigenvalue weighted by Gasteiger charge is 2.21. The van der Waals surface area contributed by atoms with Crippen LogP contribution in [0.25, 0.3) is 22.3 Å². The van der Waals surface area contributed by atoms with E-state index in [1.165, 1.54) is 19.3 Å². The quantitative estimate of drug-likeness (QED) is 0.240. The Morgan fingerprint density at radius 3 is 2.26 bits per heavy atom. The topological polar surface area (TPSA) is 67.5 Å². The molecule has 0 fully saturated rings. The molecule has 0 spiro atoms. The first-order valence-corrected chi connectivity index (χ1v) is 11.5. The number of Topliss-reactive ketones (excluding diaryl/α,β-unsaturated/α-hetero) is 2. The van der Waals surface area contributed by atoms with Crippen molar-refractivity contribution in [1.29, 1.82) is 0 Å². The summed E-state index contributed by atoms with van der Waals surface area (Å²) in [4.78, 5) is 25.5. The number of hydrogen-bond donors (Lipinski definition) is 1. The van der Waals surface area contributed by atoms with Gasteiger partial charge in [-0.3, -0.25) is 9.59 Å². The molecular weight excluding hydrogens is 388 g/mol. The van der Waals surface area contributed by atoms with Gasteiger partial charge in [-0.05, 0) is 31.0 Å². The number of phenolic OH excluding ortho intramolecular Hbond substituents is 1. The second kappa shape index (κ2) is 10.9. The third-order valence-corrected chi connectivity index (χ3v) is 5.69. The average molecular weight is 421 g/mol. The molecule has 4 heteroatoms. The van der Waals surface area contributed by atoms with E-state index in [0.717, 1.165) is 25.7 Å². The van der Waals surface area contributed by atoms with Crippen LogP contribution in [0.1, 0.15) is 92.4 Å². The molecule has 3 aromatic rings. The molecule has 0 aliphatic carbocycles. The molecular formula is C27H32O4. The van der Waals surface area contributed by atoms with Crippen molar-refractivity contribution in [2.45, 2.75) is 71.6 Å². The summed E-state index contributed by atoms with van der Waals surface area (Å²) in [5.41, 5.74) is 2.07. The molecule has 31 heavy (non-hydrogen) atoms. The molecule has 0 unspecified atom stereocenters. The van der Waals surface area contributed by atoms with E-state index in [2.05, 4.69) is 6.92 Å². The highest BCUT2D eigenvalue weighted by atomic mass is 16.3. The highest BCUT2D eigenvalue weighted by molar-refractivity contribution is 6.09. The maximum atomic E-state index is 12.9. The van der Waals surface area contributed by atoms with Gasteiger partial charge in [0.15, 0.2) is 11.6 Å². The third kappa shape index (κ3) is 5.43. The van der Waals surface area contributed by atoms with Crippen LogP contribution in [0.2, 0.25) is 0 Å². The number of carbonyl (C=O) groups is 2. The van der Waals surface area contributed by atoms with Crippen LogP contribution in [0.3, 0.4) is 0 Å². The van der Waals surface area contributed by atoms with Gasteiger partial charge in [-0.2, -0.15) is 0 Å². The maximum Gasteiger partial charge on any atom is 0.163 e. The Labute approximate surface area is 184 Å². The van der Waals surface area contributed by atoms with Gasteiger partial charge in [0.2, 0.25) is 0 Å². The van der Waals surface area contributed by atoms with Crippen molar-refractivity contribution in [2.75, 3.05) is 0 Å². The van der Waals surface area contributed by atoms with Gasteiger partial charge < -0.3 is 9.52 Å². The van der Waals surface area contributed by atoms with E-state index in [-0.39, 0.29) is 17.3 Å². The molecule has 0 saturated carbocycles. The van der Waals surface area contributed by atoms with Crippen LogP contribution in [0.4, 0.5) is 0 Å². The lowest BCUT2D eigenvalue weighted by Gasteiger charge is -2.09. The van der Waals surface area contributed by atoms with E-state index < -0.39 is 0 Å². The van der Waals surface area contributed by atoms with Crippen molar-refractivity contribution in [3.05, 3.63) is 53.6 Å². The average Bonchev–Trinajstić information content (AvgIpc) is 3.19. The Morgan fingerprint density at radius 1 is 0.806 bits per heavy atom. The summed E-state index contributed by atoms with van der Waals surface area (Å²) in [5, 5.41) is 11.3. The van der Waals surface area contributed by atoms with E-state index in [9.17, 15) is 14.7 Å². The summed E-state index contributed by atoms with van der Waals surface area (Å²) in [5.74, 6) is 0.492. The first-order valence-electron chi connectivity index (χ1n) is 11.5. The summed E-state index contributed by atoms with van der Waals surface area (Å²) in [6.07, 6.45) is 8.36. The highest BCUT2D eigenvalue weighted by Crippen LogP contribution is 2.38. The fourth-order valence-corrected chi connectivity index (χ4v) is 4.02. The maximum absolute atomic E-state index is 12.9. The normalized spacial score (nSPS) is 11.2. The molecule has 0 atom stereocenters. The minimum atomic E-state index is 0.00382. The molecule has 1 aromatic heterocycles. The second-order valence-electron chi connectivity index (χ2n) is 8.14. The van der Waals surface area contributed by atoms with Gasteiger partial charge in [-0.1, -0.05) is 70.2 Å². The zero-order valence-corrected chi connectivity index (χ0v) is 18.6. The number of aromatic hydroxyl groups is 1. The number of ketones is 2. The molecule has 0 aliphatic rings. The van der Waals surface area contributed by atoms with Crippen LogP contribution in [-0.2, 0) is 0 Å². The Balaban J connectivity index is 1.88. The van der Waals surface area contributed by atoms with Gasteiger partial charge in [0, 0.05) is 29.4 Å². The van der Waals surface area contributed by atoms with Gasteiger partial charge in [0.25, 0.3) is 0 Å². The van der Waals surface area contributed by atoms with Crippen LogP contribution < -0.4 is 0 Å².